The van der Waals surface area contributed by atoms with Gasteiger partial charge in [0.05, 0.1) is 6.54 Å². The zero-order valence-electron chi connectivity index (χ0n) is 10.5. The van der Waals surface area contributed by atoms with Crippen LogP contribution in [0.5, 0.6) is 0 Å². The molecule has 1 N–H and O–H groups in total. The highest BCUT2D eigenvalue weighted by Gasteiger charge is 2.33. The number of nitrogens with zero attached hydrogens (tertiary/aromatic N) is 1. The lowest BCUT2D eigenvalue weighted by atomic mass is 10.1. The Bertz CT molecular complexity index is 521. The minimum atomic E-state index is -0.556. The molecule has 2 rings (SSSR count). The van der Waals surface area contributed by atoms with Gasteiger partial charge in [-0.3, -0.25) is 9.59 Å². The standard InChI is InChI=1S/C13H14ClFN2O2/c1-2-11-13(19)16-6-12(18)17(11)7-8-5-9(14)3-4-10(8)15/h3-5,11H,2,6-7H2,1H3,(H,16,19). The fourth-order valence-electron chi connectivity index (χ4n) is 2.15. The predicted octanol–water partition coefficient (Wildman–Crippen LogP) is 1.72. The molecule has 1 aliphatic heterocycles. The molecule has 0 spiro atoms. The van der Waals surface area contributed by atoms with Crippen molar-refractivity contribution in [2.75, 3.05) is 6.54 Å². The van der Waals surface area contributed by atoms with E-state index < -0.39 is 11.9 Å². The molecule has 0 aliphatic carbocycles. The van der Waals surface area contributed by atoms with Crippen LogP contribution in [0.4, 0.5) is 4.39 Å². The molecule has 1 aliphatic rings. The molecule has 0 bridgehead atoms. The monoisotopic (exact) mass is 284 g/mol. The van der Waals surface area contributed by atoms with Crippen molar-refractivity contribution in [1.29, 1.82) is 0 Å². The Labute approximate surface area is 115 Å². The van der Waals surface area contributed by atoms with Gasteiger partial charge in [-0.2, -0.15) is 0 Å². The lowest BCUT2D eigenvalue weighted by molar-refractivity contribution is -0.146. The zero-order valence-corrected chi connectivity index (χ0v) is 11.2. The number of rotatable bonds is 3. The average Bonchev–Trinajstić information content (AvgIpc) is 2.38. The van der Waals surface area contributed by atoms with E-state index in [0.717, 1.165) is 0 Å². The van der Waals surface area contributed by atoms with Gasteiger partial charge in [-0.25, -0.2) is 4.39 Å². The quantitative estimate of drug-likeness (QED) is 0.919. The fraction of sp³-hybridized carbons (Fsp3) is 0.385. The summed E-state index contributed by atoms with van der Waals surface area (Å²) >= 11 is 5.82. The number of amides is 2. The van der Waals surface area contributed by atoms with E-state index in [1.54, 1.807) is 0 Å². The van der Waals surface area contributed by atoms with Crippen molar-refractivity contribution in [3.8, 4) is 0 Å². The molecule has 6 heteroatoms. The molecule has 1 aromatic carbocycles. The van der Waals surface area contributed by atoms with Crippen LogP contribution in [0, 0.1) is 5.82 Å². The van der Waals surface area contributed by atoms with Crippen molar-refractivity contribution in [1.82, 2.24) is 10.2 Å². The first-order chi connectivity index (χ1) is 9.02. The summed E-state index contributed by atoms with van der Waals surface area (Å²) in [6, 6.07) is 3.62. The fourth-order valence-corrected chi connectivity index (χ4v) is 2.34. The van der Waals surface area contributed by atoms with Gasteiger partial charge < -0.3 is 10.2 Å². The van der Waals surface area contributed by atoms with Crippen LogP contribution < -0.4 is 5.32 Å². The first-order valence-electron chi connectivity index (χ1n) is 6.04. The molecule has 0 radical (unpaired) electrons. The maximum Gasteiger partial charge on any atom is 0.243 e. The molecule has 0 saturated carbocycles. The molecular formula is C13H14ClFN2O2. The second kappa shape index (κ2) is 5.57. The van der Waals surface area contributed by atoms with Crippen LogP contribution >= 0.6 is 11.6 Å². The van der Waals surface area contributed by atoms with Gasteiger partial charge in [0.2, 0.25) is 11.8 Å². The Balaban J connectivity index is 2.26. The van der Waals surface area contributed by atoms with Crippen molar-refractivity contribution in [2.45, 2.75) is 25.9 Å². The molecule has 1 unspecified atom stereocenters. The summed E-state index contributed by atoms with van der Waals surface area (Å²) in [4.78, 5) is 25.0. The molecular weight excluding hydrogens is 271 g/mol. The first kappa shape index (κ1) is 13.8. The van der Waals surface area contributed by atoms with Gasteiger partial charge in [-0.05, 0) is 24.6 Å². The van der Waals surface area contributed by atoms with E-state index in [-0.39, 0.29) is 24.9 Å². The van der Waals surface area contributed by atoms with E-state index in [1.807, 2.05) is 6.92 Å². The van der Waals surface area contributed by atoms with E-state index in [1.165, 1.54) is 23.1 Å². The number of halogens is 2. The summed E-state index contributed by atoms with van der Waals surface area (Å²) in [5.74, 6) is -0.853. The van der Waals surface area contributed by atoms with Crippen molar-refractivity contribution in [3.63, 3.8) is 0 Å². The minimum absolute atomic E-state index is 0.0441. The Kier molecular flexibility index (Phi) is 4.04. The number of carbonyl (C=O) groups excluding carboxylic acids is 2. The number of piperazine rings is 1. The van der Waals surface area contributed by atoms with Gasteiger partial charge in [0.25, 0.3) is 0 Å². The SMILES string of the molecule is CCC1C(=O)NCC(=O)N1Cc1cc(Cl)ccc1F. The Morgan fingerprint density at radius 2 is 2.21 bits per heavy atom. The smallest absolute Gasteiger partial charge is 0.243 e. The predicted molar refractivity (Wildman–Crippen MR) is 69.0 cm³/mol. The van der Waals surface area contributed by atoms with E-state index in [0.29, 0.717) is 17.0 Å². The maximum absolute atomic E-state index is 13.7. The van der Waals surface area contributed by atoms with Crippen LogP contribution in [0.15, 0.2) is 18.2 Å². The summed E-state index contributed by atoms with van der Waals surface area (Å²) < 4.78 is 13.7. The Hall–Kier alpha value is -1.62. The van der Waals surface area contributed by atoms with Gasteiger partial charge in [0.15, 0.2) is 0 Å². The summed E-state index contributed by atoms with van der Waals surface area (Å²) in [6.07, 6.45) is 0.486. The highest BCUT2D eigenvalue weighted by molar-refractivity contribution is 6.30. The third-order valence-corrected chi connectivity index (χ3v) is 3.38. The normalized spacial score (nSPS) is 19.5. The highest BCUT2D eigenvalue weighted by atomic mass is 35.5. The largest absolute Gasteiger partial charge is 0.345 e. The van der Waals surface area contributed by atoms with Crippen molar-refractivity contribution in [2.24, 2.45) is 0 Å². The van der Waals surface area contributed by atoms with Crippen LogP contribution in [0.1, 0.15) is 18.9 Å². The summed E-state index contributed by atoms with van der Waals surface area (Å²) in [7, 11) is 0. The van der Waals surface area contributed by atoms with Gasteiger partial charge in [0.1, 0.15) is 11.9 Å². The lowest BCUT2D eigenvalue weighted by Crippen LogP contribution is -2.57. The van der Waals surface area contributed by atoms with Crippen LogP contribution in [0.25, 0.3) is 0 Å². The number of hydrogen-bond acceptors (Lipinski definition) is 2. The van der Waals surface area contributed by atoms with Gasteiger partial charge >= 0.3 is 0 Å². The van der Waals surface area contributed by atoms with E-state index in [9.17, 15) is 14.0 Å². The second-order valence-corrected chi connectivity index (χ2v) is 4.84. The third-order valence-electron chi connectivity index (χ3n) is 3.15. The molecule has 19 heavy (non-hydrogen) atoms. The molecule has 1 heterocycles. The van der Waals surface area contributed by atoms with Crippen molar-refractivity contribution >= 4 is 23.4 Å². The van der Waals surface area contributed by atoms with Gasteiger partial charge in [-0.1, -0.05) is 18.5 Å². The number of nitrogens with one attached hydrogen (secondary N) is 1. The Morgan fingerprint density at radius 1 is 1.47 bits per heavy atom. The first-order valence-corrected chi connectivity index (χ1v) is 6.41. The van der Waals surface area contributed by atoms with E-state index in [2.05, 4.69) is 5.32 Å². The molecule has 4 nitrogen and oxygen atoms in total. The molecule has 1 aromatic rings. The molecule has 1 atom stereocenters. The number of benzene rings is 1. The Morgan fingerprint density at radius 3 is 2.89 bits per heavy atom. The van der Waals surface area contributed by atoms with Gasteiger partial charge in [0, 0.05) is 17.1 Å². The van der Waals surface area contributed by atoms with Crippen molar-refractivity contribution < 1.29 is 14.0 Å². The average molecular weight is 285 g/mol. The minimum Gasteiger partial charge on any atom is -0.345 e. The second-order valence-electron chi connectivity index (χ2n) is 4.40. The summed E-state index contributed by atoms with van der Waals surface area (Å²) in [5.41, 5.74) is 0.314. The molecule has 1 saturated heterocycles. The third kappa shape index (κ3) is 2.87. The molecule has 0 aromatic heterocycles. The van der Waals surface area contributed by atoms with E-state index >= 15 is 0 Å². The summed E-state index contributed by atoms with van der Waals surface area (Å²) in [5, 5.41) is 2.93. The van der Waals surface area contributed by atoms with E-state index in [4.69, 9.17) is 11.6 Å². The maximum atomic E-state index is 13.7. The van der Waals surface area contributed by atoms with Crippen LogP contribution in [0.2, 0.25) is 5.02 Å². The number of hydrogen-bond donors (Lipinski definition) is 1. The van der Waals surface area contributed by atoms with Crippen LogP contribution in [0.3, 0.4) is 0 Å². The van der Waals surface area contributed by atoms with Crippen LogP contribution in [-0.2, 0) is 16.1 Å². The zero-order chi connectivity index (χ0) is 14.0. The van der Waals surface area contributed by atoms with Gasteiger partial charge in [-0.15, -0.1) is 0 Å². The molecule has 1 fully saturated rings. The topological polar surface area (TPSA) is 49.4 Å². The van der Waals surface area contributed by atoms with Crippen LogP contribution in [-0.4, -0.2) is 29.3 Å². The summed E-state index contributed by atoms with van der Waals surface area (Å²) in [6.45, 7) is 1.82. The number of carbonyl (C=O) groups is 2. The lowest BCUT2D eigenvalue weighted by Gasteiger charge is -2.34. The highest BCUT2D eigenvalue weighted by Crippen LogP contribution is 2.20. The molecule has 102 valence electrons. The molecule has 2 amide bonds. The van der Waals surface area contributed by atoms with Crippen molar-refractivity contribution in [3.05, 3.63) is 34.6 Å².